The average Bonchev–Trinajstić information content (AvgIpc) is 2.69. The summed E-state index contributed by atoms with van der Waals surface area (Å²) >= 11 is 13.0. The third kappa shape index (κ3) is 2.90. The van der Waals surface area contributed by atoms with Gasteiger partial charge < -0.3 is 5.32 Å². The van der Waals surface area contributed by atoms with Crippen LogP contribution in [0.5, 0.6) is 0 Å². The van der Waals surface area contributed by atoms with E-state index in [9.17, 15) is 0 Å². The lowest BCUT2D eigenvalue weighted by Crippen LogP contribution is -2.12. The Hall–Kier alpha value is -0.520. The fraction of sp³-hybridized carbons (Fsp3) is 0.250. The minimum atomic E-state index is 0.145. The second-order valence-corrected chi connectivity index (χ2v) is 6.14. The van der Waals surface area contributed by atoms with Crippen molar-refractivity contribution >= 4 is 49.1 Å². The van der Waals surface area contributed by atoms with E-state index in [1.165, 1.54) is 0 Å². The zero-order chi connectivity index (χ0) is 13.3. The van der Waals surface area contributed by atoms with Gasteiger partial charge in [0, 0.05) is 27.2 Å². The molecule has 3 nitrogen and oxygen atoms in total. The van der Waals surface area contributed by atoms with Crippen LogP contribution in [0.4, 0.5) is 5.69 Å². The first-order valence-corrected chi connectivity index (χ1v) is 7.34. The summed E-state index contributed by atoms with van der Waals surface area (Å²) in [6.07, 6.45) is 1.79. The Kier molecular flexibility index (Phi) is 4.35. The van der Waals surface area contributed by atoms with E-state index in [-0.39, 0.29) is 6.04 Å². The number of benzene rings is 1. The molecule has 0 aliphatic heterocycles. The van der Waals surface area contributed by atoms with Crippen LogP contribution in [0.25, 0.3) is 0 Å². The van der Waals surface area contributed by atoms with Gasteiger partial charge in [-0.2, -0.15) is 5.10 Å². The molecule has 0 amide bonds. The maximum absolute atomic E-state index is 5.98. The molecule has 1 aromatic heterocycles. The molecule has 0 spiro atoms. The van der Waals surface area contributed by atoms with Crippen LogP contribution in [0, 0.1) is 0 Å². The highest BCUT2D eigenvalue weighted by molar-refractivity contribution is 9.11. The molecule has 2 aromatic rings. The van der Waals surface area contributed by atoms with Gasteiger partial charge in [-0.25, -0.2) is 0 Å². The van der Waals surface area contributed by atoms with Gasteiger partial charge in [0.1, 0.15) is 0 Å². The van der Waals surface area contributed by atoms with Crippen LogP contribution in [0.15, 0.2) is 33.3 Å². The molecule has 18 heavy (non-hydrogen) atoms. The largest absolute Gasteiger partial charge is 0.375 e. The molecule has 0 aliphatic carbocycles. The Morgan fingerprint density at radius 3 is 2.44 bits per heavy atom. The maximum atomic E-state index is 5.98. The molecular weight excluding hydrogens is 381 g/mol. The number of rotatable bonds is 3. The SMILES string of the molecule is CC(Nc1c(Br)cc(Cl)cc1Br)c1ccnn1C. The van der Waals surface area contributed by atoms with Crippen LogP contribution in [-0.2, 0) is 7.05 Å². The van der Waals surface area contributed by atoms with E-state index >= 15 is 0 Å². The molecule has 1 aromatic carbocycles. The van der Waals surface area contributed by atoms with Crippen molar-refractivity contribution in [1.29, 1.82) is 0 Å². The molecule has 1 heterocycles. The molecule has 0 saturated heterocycles. The standard InChI is InChI=1S/C12H12Br2ClN3/c1-7(11-3-4-16-18(11)2)17-12-9(13)5-8(15)6-10(12)14/h3-7,17H,1-2H3. The number of aryl methyl sites for hydroxylation is 1. The van der Waals surface area contributed by atoms with Crippen LogP contribution in [-0.4, -0.2) is 9.78 Å². The van der Waals surface area contributed by atoms with Crippen LogP contribution >= 0.6 is 43.5 Å². The first kappa shape index (κ1) is 13.9. The van der Waals surface area contributed by atoms with Gasteiger partial charge in [0.05, 0.1) is 17.4 Å². The highest BCUT2D eigenvalue weighted by atomic mass is 79.9. The van der Waals surface area contributed by atoms with E-state index in [4.69, 9.17) is 11.6 Å². The van der Waals surface area contributed by atoms with Crippen molar-refractivity contribution in [2.75, 3.05) is 5.32 Å². The molecule has 1 atom stereocenters. The number of halogens is 3. The quantitative estimate of drug-likeness (QED) is 0.814. The molecule has 0 fully saturated rings. The van der Waals surface area contributed by atoms with Crippen molar-refractivity contribution in [1.82, 2.24) is 9.78 Å². The third-order valence-electron chi connectivity index (χ3n) is 2.67. The van der Waals surface area contributed by atoms with E-state index in [2.05, 4.69) is 49.2 Å². The zero-order valence-corrected chi connectivity index (χ0v) is 13.8. The summed E-state index contributed by atoms with van der Waals surface area (Å²) in [6, 6.07) is 5.87. The van der Waals surface area contributed by atoms with Gasteiger partial charge in [0.15, 0.2) is 0 Å². The number of hydrogen-bond acceptors (Lipinski definition) is 2. The molecule has 0 radical (unpaired) electrons. The smallest absolute Gasteiger partial charge is 0.0654 e. The number of nitrogens with one attached hydrogen (secondary N) is 1. The Labute approximate surface area is 128 Å². The van der Waals surface area contributed by atoms with Crippen LogP contribution in [0.2, 0.25) is 5.02 Å². The van der Waals surface area contributed by atoms with Gasteiger partial charge in [0.25, 0.3) is 0 Å². The van der Waals surface area contributed by atoms with Gasteiger partial charge in [0.2, 0.25) is 0 Å². The molecule has 6 heteroatoms. The predicted molar refractivity (Wildman–Crippen MR) is 82.1 cm³/mol. The lowest BCUT2D eigenvalue weighted by Gasteiger charge is -2.18. The number of hydrogen-bond donors (Lipinski definition) is 1. The third-order valence-corrected chi connectivity index (χ3v) is 4.14. The van der Waals surface area contributed by atoms with E-state index in [1.54, 1.807) is 6.20 Å². The highest BCUT2D eigenvalue weighted by Gasteiger charge is 2.13. The topological polar surface area (TPSA) is 29.9 Å². The highest BCUT2D eigenvalue weighted by Crippen LogP contribution is 2.36. The summed E-state index contributed by atoms with van der Waals surface area (Å²) in [5.41, 5.74) is 2.09. The molecule has 2 rings (SSSR count). The van der Waals surface area contributed by atoms with Crippen LogP contribution < -0.4 is 5.32 Å². The van der Waals surface area contributed by atoms with E-state index in [0.29, 0.717) is 5.02 Å². The van der Waals surface area contributed by atoms with Crippen LogP contribution in [0.3, 0.4) is 0 Å². The minimum Gasteiger partial charge on any atom is -0.375 e. The normalized spacial score (nSPS) is 12.5. The van der Waals surface area contributed by atoms with Crippen molar-refractivity contribution in [3.63, 3.8) is 0 Å². The van der Waals surface area contributed by atoms with E-state index in [1.807, 2.05) is 29.9 Å². The van der Waals surface area contributed by atoms with Crippen molar-refractivity contribution in [2.24, 2.45) is 7.05 Å². The Morgan fingerprint density at radius 2 is 1.94 bits per heavy atom. The summed E-state index contributed by atoms with van der Waals surface area (Å²) < 4.78 is 3.71. The molecule has 1 unspecified atom stereocenters. The van der Waals surface area contributed by atoms with Gasteiger partial charge in [-0.3, -0.25) is 4.68 Å². The van der Waals surface area contributed by atoms with Crippen molar-refractivity contribution in [2.45, 2.75) is 13.0 Å². The van der Waals surface area contributed by atoms with Crippen molar-refractivity contribution in [3.05, 3.63) is 44.1 Å². The van der Waals surface area contributed by atoms with Gasteiger partial charge in [-0.15, -0.1) is 0 Å². The predicted octanol–water partition coefficient (Wildman–Crippen LogP) is 4.77. The first-order valence-electron chi connectivity index (χ1n) is 5.38. The summed E-state index contributed by atoms with van der Waals surface area (Å²) in [6.45, 7) is 2.09. The van der Waals surface area contributed by atoms with Crippen molar-refractivity contribution < 1.29 is 0 Å². The van der Waals surface area contributed by atoms with E-state index < -0.39 is 0 Å². The van der Waals surface area contributed by atoms with Crippen molar-refractivity contribution in [3.8, 4) is 0 Å². The fourth-order valence-electron chi connectivity index (χ4n) is 1.78. The number of aromatic nitrogens is 2. The monoisotopic (exact) mass is 391 g/mol. The number of anilines is 1. The molecule has 0 saturated carbocycles. The lowest BCUT2D eigenvalue weighted by molar-refractivity contribution is 0.675. The maximum Gasteiger partial charge on any atom is 0.0654 e. The minimum absolute atomic E-state index is 0.145. The summed E-state index contributed by atoms with van der Waals surface area (Å²) in [5, 5.41) is 8.29. The van der Waals surface area contributed by atoms with Crippen LogP contribution in [0.1, 0.15) is 18.7 Å². The summed E-state index contributed by atoms with van der Waals surface area (Å²) in [4.78, 5) is 0. The van der Waals surface area contributed by atoms with Gasteiger partial charge in [-0.05, 0) is 57.0 Å². The Morgan fingerprint density at radius 1 is 1.33 bits per heavy atom. The summed E-state index contributed by atoms with van der Waals surface area (Å²) in [5.74, 6) is 0. The van der Waals surface area contributed by atoms with Gasteiger partial charge in [-0.1, -0.05) is 11.6 Å². The van der Waals surface area contributed by atoms with Gasteiger partial charge >= 0.3 is 0 Å². The Balaban J connectivity index is 2.27. The summed E-state index contributed by atoms with van der Waals surface area (Å²) in [7, 11) is 1.93. The molecule has 0 aliphatic rings. The zero-order valence-electron chi connectivity index (χ0n) is 9.92. The average molecular weight is 394 g/mol. The second-order valence-electron chi connectivity index (χ2n) is 3.99. The molecule has 96 valence electrons. The lowest BCUT2D eigenvalue weighted by atomic mass is 10.2. The Bertz CT molecular complexity index is 545. The molecule has 1 N–H and O–H groups in total. The fourth-order valence-corrected chi connectivity index (χ4v) is 3.68. The number of nitrogens with zero attached hydrogens (tertiary/aromatic N) is 2. The van der Waals surface area contributed by atoms with E-state index in [0.717, 1.165) is 20.3 Å². The molecular formula is C12H12Br2ClN3. The first-order chi connectivity index (χ1) is 8.49. The second kappa shape index (κ2) is 5.63. The molecule has 0 bridgehead atoms.